The number of rotatable bonds is 5. The van der Waals surface area contributed by atoms with Crippen molar-refractivity contribution >= 4 is 11.6 Å². The Hall–Kier alpha value is -3.93. The molecule has 0 amide bonds. The number of benzene rings is 2. The lowest BCUT2D eigenvalue weighted by Crippen LogP contribution is -2.18. The number of pyridine rings is 1. The second-order valence-corrected chi connectivity index (χ2v) is 6.57. The molecule has 0 atom stereocenters. The van der Waals surface area contributed by atoms with Gasteiger partial charge in [0.05, 0.1) is 31.0 Å². The third-order valence-electron chi connectivity index (χ3n) is 4.68. The molecule has 29 heavy (non-hydrogen) atoms. The first kappa shape index (κ1) is 18.4. The summed E-state index contributed by atoms with van der Waals surface area (Å²) < 4.78 is 6.71. The highest BCUT2D eigenvalue weighted by molar-refractivity contribution is 5.82. The highest BCUT2D eigenvalue weighted by Gasteiger charge is 2.17. The van der Waals surface area contributed by atoms with Gasteiger partial charge in [0, 0.05) is 5.56 Å². The summed E-state index contributed by atoms with van der Waals surface area (Å²) in [5, 5.41) is 8.98. The second-order valence-electron chi connectivity index (χ2n) is 6.57. The lowest BCUT2D eigenvalue weighted by molar-refractivity contribution is -0.136. The van der Waals surface area contributed by atoms with E-state index in [1.54, 1.807) is 49.7 Å². The zero-order valence-corrected chi connectivity index (χ0v) is 15.7. The van der Waals surface area contributed by atoms with Gasteiger partial charge in [0.25, 0.3) is 5.56 Å². The van der Waals surface area contributed by atoms with E-state index in [4.69, 9.17) is 14.8 Å². The SMILES string of the molecule is COc1ccc2nc(-c3ccccc3)c(-c3ccc(CC(=O)O)cc3)c(=O)n2c1. The van der Waals surface area contributed by atoms with Crippen LogP contribution in [-0.2, 0) is 11.2 Å². The first-order valence-electron chi connectivity index (χ1n) is 9.04. The largest absolute Gasteiger partial charge is 0.495 e. The molecule has 1 N–H and O–H groups in total. The van der Waals surface area contributed by atoms with Crippen LogP contribution in [0.1, 0.15) is 5.56 Å². The zero-order chi connectivity index (χ0) is 20.4. The molecule has 0 saturated heterocycles. The van der Waals surface area contributed by atoms with E-state index in [2.05, 4.69) is 0 Å². The number of hydrogen-bond acceptors (Lipinski definition) is 4. The first-order chi connectivity index (χ1) is 14.1. The number of aliphatic carboxylic acids is 1. The Morgan fingerprint density at radius 3 is 2.38 bits per heavy atom. The number of hydrogen-bond donors (Lipinski definition) is 1. The highest BCUT2D eigenvalue weighted by Crippen LogP contribution is 2.29. The minimum Gasteiger partial charge on any atom is -0.495 e. The van der Waals surface area contributed by atoms with Crippen LogP contribution < -0.4 is 10.3 Å². The third-order valence-corrected chi connectivity index (χ3v) is 4.68. The van der Waals surface area contributed by atoms with Crippen molar-refractivity contribution in [3.8, 4) is 28.1 Å². The fourth-order valence-electron chi connectivity index (χ4n) is 3.27. The Labute approximate surface area is 166 Å². The van der Waals surface area contributed by atoms with Gasteiger partial charge in [-0.25, -0.2) is 4.98 Å². The Morgan fingerprint density at radius 1 is 1.00 bits per heavy atom. The summed E-state index contributed by atoms with van der Waals surface area (Å²) in [5.74, 6) is -0.348. The molecule has 0 aliphatic carbocycles. The Morgan fingerprint density at radius 2 is 1.72 bits per heavy atom. The van der Waals surface area contributed by atoms with E-state index in [0.717, 1.165) is 5.56 Å². The van der Waals surface area contributed by atoms with Crippen LogP contribution in [0.5, 0.6) is 5.75 Å². The van der Waals surface area contributed by atoms with Gasteiger partial charge >= 0.3 is 5.97 Å². The average molecular weight is 386 g/mol. The van der Waals surface area contributed by atoms with Crippen LogP contribution in [0.15, 0.2) is 77.7 Å². The quantitative estimate of drug-likeness (QED) is 0.566. The Kier molecular flexibility index (Phi) is 4.83. The van der Waals surface area contributed by atoms with Crippen LogP contribution >= 0.6 is 0 Å². The standard InChI is InChI=1S/C23H18N2O4/c1-29-18-11-12-19-24-22(17-5-3-2-4-6-17)21(23(28)25(19)14-18)16-9-7-15(8-10-16)13-20(26)27/h2-12,14H,13H2,1H3,(H,26,27). The van der Waals surface area contributed by atoms with E-state index in [-0.39, 0.29) is 12.0 Å². The smallest absolute Gasteiger partial charge is 0.307 e. The lowest BCUT2D eigenvalue weighted by Gasteiger charge is -2.12. The van der Waals surface area contributed by atoms with Crippen molar-refractivity contribution in [3.63, 3.8) is 0 Å². The van der Waals surface area contributed by atoms with Crippen LogP contribution in [0.4, 0.5) is 0 Å². The van der Waals surface area contributed by atoms with Crippen molar-refractivity contribution in [1.29, 1.82) is 0 Å². The van der Waals surface area contributed by atoms with Crippen molar-refractivity contribution in [2.75, 3.05) is 7.11 Å². The van der Waals surface area contributed by atoms with Gasteiger partial charge in [0.1, 0.15) is 11.4 Å². The van der Waals surface area contributed by atoms with E-state index in [9.17, 15) is 9.59 Å². The number of carboxylic acid groups (broad SMARTS) is 1. The van der Waals surface area contributed by atoms with E-state index < -0.39 is 5.97 Å². The van der Waals surface area contributed by atoms with Gasteiger partial charge in [-0.2, -0.15) is 0 Å². The summed E-state index contributed by atoms with van der Waals surface area (Å²) in [7, 11) is 1.54. The fraction of sp³-hybridized carbons (Fsp3) is 0.0870. The number of carboxylic acids is 1. The number of ether oxygens (including phenoxy) is 1. The molecule has 0 unspecified atom stereocenters. The Balaban J connectivity index is 1.98. The molecule has 0 saturated carbocycles. The molecule has 0 aliphatic rings. The molecule has 0 radical (unpaired) electrons. The second kappa shape index (κ2) is 7.59. The molecule has 4 aromatic rings. The van der Waals surface area contributed by atoms with Crippen molar-refractivity contribution in [1.82, 2.24) is 9.38 Å². The first-order valence-corrected chi connectivity index (χ1v) is 9.04. The van der Waals surface area contributed by atoms with Gasteiger partial charge in [-0.1, -0.05) is 54.6 Å². The maximum Gasteiger partial charge on any atom is 0.307 e. The lowest BCUT2D eigenvalue weighted by atomic mass is 9.98. The molecule has 144 valence electrons. The minimum atomic E-state index is -0.901. The van der Waals surface area contributed by atoms with Crippen LogP contribution in [0.2, 0.25) is 0 Å². The summed E-state index contributed by atoms with van der Waals surface area (Å²) in [5.41, 5.74) is 3.48. The maximum atomic E-state index is 13.4. The average Bonchev–Trinajstić information content (AvgIpc) is 2.74. The van der Waals surface area contributed by atoms with E-state index >= 15 is 0 Å². The van der Waals surface area contributed by atoms with Crippen LogP contribution in [-0.4, -0.2) is 27.6 Å². The van der Waals surface area contributed by atoms with Gasteiger partial charge in [0.15, 0.2) is 0 Å². The summed E-state index contributed by atoms with van der Waals surface area (Å²) in [4.78, 5) is 29.1. The molecule has 0 aliphatic heterocycles. The number of aromatic nitrogens is 2. The third kappa shape index (κ3) is 3.60. The van der Waals surface area contributed by atoms with Crippen molar-refractivity contribution in [3.05, 3.63) is 88.8 Å². The van der Waals surface area contributed by atoms with Crippen molar-refractivity contribution < 1.29 is 14.6 Å². The summed E-state index contributed by atoms with van der Waals surface area (Å²) >= 11 is 0. The van der Waals surface area contributed by atoms with Gasteiger partial charge < -0.3 is 9.84 Å². The molecule has 6 nitrogen and oxygen atoms in total. The molecular weight excluding hydrogens is 368 g/mol. The number of nitrogens with zero attached hydrogens (tertiary/aromatic N) is 2. The van der Waals surface area contributed by atoms with Crippen LogP contribution in [0.25, 0.3) is 28.0 Å². The number of carbonyl (C=O) groups is 1. The van der Waals surface area contributed by atoms with E-state index in [1.165, 1.54) is 4.40 Å². The molecule has 2 heterocycles. The van der Waals surface area contributed by atoms with Crippen LogP contribution in [0, 0.1) is 0 Å². The summed E-state index contributed by atoms with van der Waals surface area (Å²) in [6.07, 6.45) is 1.54. The van der Waals surface area contributed by atoms with Gasteiger partial charge in [-0.05, 0) is 23.3 Å². The highest BCUT2D eigenvalue weighted by atomic mass is 16.5. The molecule has 2 aromatic heterocycles. The van der Waals surface area contributed by atoms with E-state index in [1.807, 2.05) is 30.3 Å². The molecule has 0 spiro atoms. The fourth-order valence-corrected chi connectivity index (χ4v) is 3.27. The summed E-state index contributed by atoms with van der Waals surface area (Å²) in [6.45, 7) is 0. The zero-order valence-electron chi connectivity index (χ0n) is 15.7. The molecule has 2 aromatic carbocycles. The van der Waals surface area contributed by atoms with E-state index in [0.29, 0.717) is 33.8 Å². The predicted molar refractivity (Wildman–Crippen MR) is 110 cm³/mol. The van der Waals surface area contributed by atoms with Gasteiger partial charge in [0.2, 0.25) is 0 Å². The molecular formula is C23H18N2O4. The topological polar surface area (TPSA) is 80.9 Å². The summed E-state index contributed by atoms with van der Waals surface area (Å²) in [6, 6.07) is 20.0. The van der Waals surface area contributed by atoms with Gasteiger partial charge in [-0.3, -0.25) is 14.0 Å². The van der Waals surface area contributed by atoms with Crippen LogP contribution in [0.3, 0.4) is 0 Å². The normalized spacial score (nSPS) is 10.8. The monoisotopic (exact) mass is 386 g/mol. The maximum absolute atomic E-state index is 13.4. The number of fused-ring (bicyclic) bond motifs is 1. The predicted octanol–water partition coefficient (Wildman–Crippen LogP) is 3.66. The minimum absolute atomic E-state index is 0.0715. The Bertz CT molecular complexity index is 1250. The number of methoxy groups -OCH3 is 1. The van der Waals surface area contributed by atoms with Gasteiger partial charge in [-0.15, -0.1) is 0 Å². The van der Waals surface area contributed by atoms with Crippen molar-refractivity contribution in [2.24, 2.45) is 0 Å². The molecule has 0 fully saturated rings. The molecule has 0 bridgehead atoms. The molecule has 6 heteroatoms. The molecule has 4 rings (SSSR count). The van der Waals surface area contributed by atoms with Crippen molar-refractivity contribution in [2.45, 2.75) is 6.42 Å².